The van der Waals surface area contributed by atoms with Crippen molar-refractivity contribution in [1.29, 1.82) is 0 Å². The average molecular weight is 362 g/mol. The van der Waals surface area contributed by atoms with E-state index in [-0.39, 0.29) is 17.6 Å². The van der Waals surface area contributed by atoms with Crippen LogP contribution in [0.1, 0.15) is 42.6 Å². The van der Waals surface area contributed by atoms with Crippen molar-refractivity contribution < 1.29 is 9.53 Å². The summed E-state index contributed by atoms with van der Waals surface area (Å²) in [7, 11) is 0. The maximum absolute atomic E-state index is 13.0. The number of hydrogen-bond acceptors (Lipinski definition) is 2. The molecular weight excluding hydrogens is 336 g/mol. The highest BCUT2D eigenvalue weighted by Crippen LogP contribution is 2.26. The summed E-state index contributed by atoms with van der Waals surface area (Å²) in [5, 5.41) is 4.23. The second-order valence-electron chi connectivity index (χ2n) is 7.94. The second kappa shape index (κ2) is 7.20. The Balaban J connectivity index is 1.61. The molecule has 1 aliphatic rings. The van der Waals surface area contributed by atoms with Gasteiger partial charge in [-0.3, -0.25) is 4.79 Å². The number of amides is 1. The van der Waals surface area contributed by atoms with Crippen LogP contribution in [0, 0.1) is 0 Å². The third-order valence-corrected chi connectivity index (χ3v) is 5.26. The summed E-state index contributed by atoms with van der Waals surface area (Å²) < 4.78 is 7.93. The van der Waals surface area contributed by atoms with E-state index >= 15 is 0 Å². The smallest absolute Gasteiger partial charge is 0.253 e. The number of aromatic nitrogens is 1. The van der Waals surface area contributed by atoms with Crippen molar-refractivity contribution in [3.8, 4) is 0 Å². The highest BCUT2D eigenvalue weighted by Gasteiger charge is 2.30. The van der Waals surface area contributed by atoms with Crippen LogP contribution in [0.25, 0.3) is 10.9 Å². The van der Waals surface area contributed by atoms with Crippen LogP contribution >= 0.6 is 0 Å². The summed E-state index contributed by atoms with van der Waals surface area (Å²) in [5.74, 6) is 0.000659. The normalized spacial score (nSPS) is 19.1. The molecule has 0 unspecified atom stereocenters. The van der Waals surface area contributed by atoms with Crippen LogP contribution in [0.15, 0.2) is 60.8 Å². The number of rotatable bonds is 4. The van der Waals surface area contributed by atoms with E-state index in [0.29, 0.717) is 6.61 Å². The molecule has 0 radical (unpaired) electrons. The van der Waals surface area contributed by atoms with Gasteiger partial charge in [0.25, 0.3) is 5.91 Å². The zero-order valence-electron chi connectivity index (χ0n) is 15.9. The molecule has 1 amide bonds. The summed E-state index contributed by atoms with van der Waals surface area (Å²) in [6.45, 7) is 5.60. The molecule has 1 atom stereocenters. The summed E-state index contributed by atoms with van der Waals surface area (Å²) in [5.41, 5.74) is 2.86. The highest BCUT2D eigenvalue weighted by atomic mass is 16.5. The third-order valence-electron chi connectivity index (χ3n) is 5.26. The molecule has 0 spiro atoms. The first-order valence-corrected chi connectivity index (χ1v) is 9.58. The lowest BCUT2D eigenvalue weighted by molar-refractivity contribution is -0.0615. The van der Waals surface area contributed by atoms with Crippen LogP contribution in [-0.2, 0) is 11.3 Å². The van der Waals surface area contributed by atoms with Crippen molar-refractivity contribution >= 4 is 16.8 Å². The number of ether oxygens (including phenoxy) is 1. The van der Waals surface area contributed by atoms with Gasteiger partial charge in [-0.2, -0.15) is 0 Å². The highest BCUT2D eigenvalue weighted by molar-refractivity contribution is 6.07. The minimum atomic E-state index is -0.183. The fourth-order valence-corrected chi connectivity index (χ4v) is 3.96. The molecule has 1 aromatic heterocycles. The Bertz CT molecular complexity index is 943. The van der Waals surface area contributed by atoms with Crippen LogP contribution in [0.2, 0.25) is 0 Å². The van der Waals surface area contributed by atoms with Crippen molar-refractivity contribution in [3.05, 3.63) is 71.9 Å². The Morgan fingerprint density at radius 1 is 1.15 bits per heavy atom. The number of carbonyl (C=O) groups is 1. The first-order valence-electron chi connectivity index (χ1n) is 9.58. The predicted octanol–water partition coefficient (Wildman–Crippen LogP) is 4.38. The van der Waals surface area contributed by atoms with E-state index in [4.69, 9.17) is 4.74 Å². The van der Waals surface area contributed by atoms with Crippen LogP contribution in [0.5, 0.6) is 0 Å². The van der Waals surface area contributed by atoms with Crippen molar-refractivity contribution in [3.63, 3.8) is 0 Å². The van der Waals surface area contributed by atoms with Crippen LogP contribution in [0.3, 0.4) is 0 Å². The van der Waals surface area contributed by atoms with E-state index < -0.39 is 0 Å². The number of para-hydroxylation sites is 1. The topological polar surface area (TPSA) is 43.3 Å². The van der Waals surface area contributed by atoms with Gasteiger partial charge in [-0.1, -0.05) is 48.5 Å². The van der Waals surface area contributed by atoms with Gasteiger partial charge >= 0.3 is 0 Å². The van der Waals surface area contributed by atoms with Gasteiger partial charge in [0.1, 0.15) is 0 Å². The first-order chi connectivity index (χ1) is 13.0. The van der Waals surface area contributed by atoms with Gasteiger partial charge in [-0.25, -0.2) is 0 Å². The molecule has 1 N–H and O–H groups in total. The molecule has 140 valence electrons. The van der Waals surface area contributed by atoms with Gasteiger partial charge < -0.3 is 14.6 Å². The zero-order valence-corrected chi connectivity index (χ0v) is 15.9. The third kappa shape index (κ3) is 3.91. The molecule has 3 aromatic rings. The van der Waals surface area contributed by atoms with Crippen molar-refractivity contribution in [2.24, 2.45) is 0 Å². The molecule has 4 heteroatoms. The van der Waals surface area contributed by atoms with Crippen molar-refractivity contribution in [2.45, 2.75) is 44.9 Å². The molecule has 0 aliphatic carbocycles. The molecule has 4 nitrogen and oxygen atoms in total. The summed E-state index contributed by atoms with van der Waals surface area (Å²) in [4.78, 5) is 13.0. The maximum atomic E-state index is 13.0. The van der Waals surface area contributed by atoms with E-state index in [1.165, 1.54) is 5.56 Å². The average Bonchev–Trinajstić information content (AvgIpc) is 3.01. The zero-order chi connectivity index (χ0) is 18.9. The lowest BCUT2D eigenvalue weighted by Crippen LogP contribution is -2.45. The number of fused-ring (bicyclic) bond motifs is 1. The van der Waals surface area contributed by atoms with Crippen molar-refractivity contribution in [1.82, 2.24) is 9.88 Å². The van der Waals surface area contributed by atoms with Crippen molar-refractivity contribution in [2.75, 3.05) is 6.61 Å². The fraction of sp³-hybridized carbons (Fsp3) is 0.348. The van der Waals surface area contributed by atoms with Crippen LogP contribution in [0.4, 0.5) is 0 Å². The summed E-state index contributed by atoms with van der Waals surface area (Å²) >= 11 is 0. The Kier molecular flexibility index (Phi) is 4.75. The minimum absolute atomic E-state index is 0.000659. The molecule has 27 heavy (non-hydrogen) atoms. The van der Waals surface area contributed by atoms with Gasteiger partial charge in [0, 0.05) is 36.3 Å². The molecule has 4 rings (SSSR count). The van der Waals surface area contributed by atoms with Gasteiger partial charge in [-0.05, 0) is 38.3 Å². The van der Waals surface area contributed by atoms with Crippen LogP contribution < -0.4 is 5.32 Å². The standard InChI is InChI=1S/C23H26N2O2/c1-23(2)14-18(12-13-27-23)24-22(26)20-16-25(15-17-8-4-3-5-9-17)21-11-7-6-10-19(20)21/h3-11,16,18H,12-15H2,1-2H3,(H,24,26)/t18-/m1/s1. The largest absolute Gasteiger partial charge is 0.375 e. The van der Waals surface area contributed by atoms with Gasteiger partial charge in [-0.15, -0.1) is 0 Å². The Morgan fingerprint density at radius 2 is 1.89 bits per heavy atom. The number of nitrogens with zero attached hydrogens (tertiary/aromatic N) is 1. The Morgan fingerprint density at radius 3 is 2.67 bits per heavy atom. The Hall–Kier alpha value is -2.59. The number of nitrogens with one attached hydrogen (secondary N) is 1. The van der Waals surface area contributed by atoms with Gasteiger partial charge in [0.2, 0.25) is 0 Å². The monoisotopic (exact) mass is 362 g/mol. The van der Waals surface area contributed by atoms with E-state index in [1.54, 1.807) is 0 Å². The van der Waals surface area contributed by atoms with E-state index in [1.807, 2.05) is 42.6 Å². The number of hydrogen-bond donors (Lipinski definition) is 1. The molecular formula is C23H26N2O2. The second-order valence-corrected chi connectivity index (χ2v) is 7.94. The lowest BCUT2D eigenvalue weighted by Gasteiger charge is -2.35. The number of carbonyl (C=O) groups excluding carboxylic acids is 1. The summed E-state index contributed by atoms with van der Waals surface area (Å²) in [6, 6.07) is 18.6. The van der Waals surface area contributed by atoms with Gasteiger partial charge in [0.15, 0.2) is 0 Å². The quantitative estimate of drug-likeness (QED) is 0.749. The van der Waals surface area contributed by atoms with E-state index in [9.17, 15) is 4.79 Å². The number of benzene rings is 2. The fourth-order valence-electron chi connectivity index (χ4n) is 3.96. The molecule has 0 bridgehead atoms. The molecule has 1 aliphatic heterocycles. The molecule has 1 saturated heterocycles. The molecule has 1 fully saturated rings. The van der Waals surface area contributed by atoms with E-state index in [2.05, 4.69) is 41.9 Å². The molecule has 2 heterocycles. The maximum Gasteiger partial charge on any atom is 0.253 e. The first kappa shape index (κ1) is 17.8. The summed E-state index contributed by atoms with van der Waals surface area (Å²) in [6.07, 6.45) is 3.68. The predicted molar refractivity (Wildman–Crippen MR) is 108 cm³/mol. The molecule has 2 aromatic carbocycles. The minimum Gasteiger partial charge on any atom is -0.375 e. The SMILES string of the molecule is CC1(C)C[C@H](NC(=O)c2cn(Cc3ccccc3)c3ccccc23)CCO1. The molecule has 0 saturated carbocycles. The van der Waals surface area contributed by atoms with E-state index in [0.717, 1.165) is 35.9 Å². The lowest BCUT2D eigenvalue weighted by atomic mass is 9.94. The van der Waals surface area contributed by atoms with Gasteiger partial charge in [0.05, 0.1) is 11.2 Å². The Labute approximate surface area is 160 Å². The van der Waals surface area contributed by atoms with Crippen LogP contribution in [-0.4, -0.2) is 28.7 Å².